The van der Waals surface area contributed by atoms with Gasteiger partial charge in [0.15, 0.2) is 0 Å². The van der Waals surface area contributed by atoms with Gasteiger partial charge in [0.25, 0.3) is 0 Å². The van der Waals surface area contributed by atoms with Crippen LogP contribution in [0.3, 0.4) is 0 Å². The molecule has 0 aliphatic rings. The van der Waals surface area contributed by atoms with Crippen molar-refractivity contribution >= 4 is 11.0 Å². The quantitative estimate of drug-likeness (QED) is 0.516. The van der Waals surface area contributed by atoms with E-state index >= 15 is 0 Å². The minimum Gasteiger partial charge on any atom is -0.489 e. The van der Waals surface area contributed by atoms with Crippen molar-refractivity contribution in [1.29, 1.82) is 0 Å². The van der Waals surface area contributed by atoms with Crippen LogP contribution in [0.4, 0.5) is 0 Å². The first-order chi connectivity index (χ1) is 12.7. The smallest absolute Gasteiger partial charge is 0.336 e. The second-order valence-corrected chi connectivity index (χ2v) is 5.82. The number of ether oxygens (including phenoxy) is 1. The van der Waals surface area contributed by atoms with E-state index in [0.29, 0.717) is 11.3 Å². The summed E-state index contributed by atoms with van der Waals surface area (Å²) >= 11 is 0. The Bertz CT molecular complexity index is 1100. The van der Waals surface area contributed by atoms with E-state index in [1.165, 1.54) is 12.4 Å². The molecule has 0 unspecified atom stereocenters. The minimum absolute atomic E-state index is 0.257. The Morgan fingerprint density at radius 3 is 2.88 bits per heavy atom. The van der Waals surface area contributed by atoms with Gasteiger partial charge < -0.3 is 9.15 Å². The summed E-state index contributed by atoms with van der Waals surface area (Å²) in [6.45, 7) is 2.32. The molecule has 0 aliphatic carbocycles. The predicted octanol–water partition coefficient (Wildman–Crippen LogP) is 2.91. The molecule has 2 heterocycles. The fourth-order valence-corrected chi connectivity index (χ4v) is 2.77. The zero-order chi connectivity index (χ0) is 17.9. The van der Waals surface area contributed by atoms with Crippen LogP contribution < -0.4 is 10.4 Å². The third kappa shape index (κ3) is 3.19. The molecule has 0 N–H and O–H groups in total. The molecule has 26 heavy (non-hydrogen) atoms. The lowest BCUT2D eigenvalue weighted by Gasteiger charge is -2.10. The number of fused-ring (bicyclic) bond motifs is 1. The zero-order valence-electron chi connectivity index (χ0n) is 14.1. The maximum absolute atomic E-state index is 11.9. The molecule has 0 fully saturated rings. The van der Waals surface area contributed by atoms with E-state index < -0.39 is 0 Å². The number of aryl methyl sites for hydroxylation is 1. The van der Waals surface area contributed by atoms with Crippen LogP contribution in [0.1, 0.15) is 18.1 Å². The summed E-state index contributed by atoms with van der Waals surface area (Å²) in [6.07, 6.45) is 2.39. The first-order valence-corrected chi connectivity index (χ1v) is 8.25. The number of rotatable bonds is 5. The van der Waals surface area contributed by atoms with Gasteiger partial charge in [-0.05, 0) is 40.6 Å². The highest BCUT2D eigenvalue weighted by atomic mass is 16.5. The molecule has 0 amide bonds. The number of benzene rings is 2. The van der Waals surface area contributed by atoms with Gasteiger partial charge >= 0.3 is 5.63 Å². The molecule has 0 saturated carbocycles. The molecule has 0 saturated heterocycles. The van der Waals surface area contributed by atoms with Crippen LogP contribution in [-0.4, -0.2) is 20.2 Å². The highest BCUT2D eigenvalue weighted by Crippen LogP contribution is 2.22. The monoisotopic (exact) mass is 348 g/mol. The van der Waals surface area contributed by atoms with Gasteiger partial charge in [0, 0.05) is 23.1 Å². The number of aromatic nitrogens is 4. The van der Waals surface area contributed by atoms with E-state index in [0.717, 1.165) is 28.6 Å². The SMILES string of the molecule is CCc1ccc2c(COc3cccc(-n4cnnn4)c3)cc(=O)oc2c1. The Balaban J connectivity index is 1.62. The van der Waals surface area contributed by atoms with Gasteiger partial charge in [0.2, 0.25) is 0 Å². The lowest BCUT2D eigenvalue weighted by Crippen LogP contribution is -2.04. The van der Waals surface area contributed by atoms with E-state index in [-0.39, 0.29) is 12.2 Å². The molecule has 0 bridgehead atoms. The Hall–Kier alpha value is -3.48. The van der Waals surface area contributed by atoms with E-state index in [9.17, 15) is 4.79 Å². The van der Waals surface area contributed by atoms with Crippen LogP contribution in [0.25, 0.3) is 16.7 Å². The van der Waals surface area contributed by atoms with Crippen molar-refractivity contribution in [3.8, 4) is 11.4 Å². The van der Waals surface area contributed by atoms with Crippen molar-refractivity contribution in [1.82, 2.24) is 20.2 Å². The van der Waals surface area contributed by atoms with Crippen LogP contribution in [0.2, 0.25) is 0 Å². The largest absolute Gasteiger partial charge is 0.489 e. The molecule has 2 aromatic carbocycles. The molecule has 7 nitrogen and oxygen atoms in total. The lowest BCUT2D eigenvalue weighted by molar-refractivity contribution is 0.306. The molecule has 4 rings (SSSR count). The second-order valence-electron chi connectivity index (χ2n) is 5.82. The van der Waals surface area contributed by atoms with Gasteiger partial charge in [-0.1, -0.05) is 25.1 Å². The number of tetrazole rings is 1. The summed E-state index contributed by atoms with van der Waals surface area (Å²) in [5, 5.41) is 12.0. The standard InChI is InChI=1S/C19H16N4O3/c1-2-13-6-7-17-14(9-19(24)26-18(17)8-13)11-25-16-5-3-4-15(10-16)23-12-20-21-22-23/h3-10,12H,2,11H2,1H3. The summed E-state index contributed by atoms with van der Waals surface area (Å²) in [5.74, 6) is 0.657. The first-order valence-electron chi connectivity index (χ1n) is 8.25. The summed E-state index contributed by atoms with van der Waals surface area (Å²) in [4.78, 5) is 11.9. The third-order valence-electron chi connectivity index (χ3n) is 4.13. The van der Waals surface area contributed by atoms with E-state index in [1.807, 2.05) is 42.5 Å². The minimum atomic E-state index is -0.383. The molecule has 130 valence electrons. The molecule has 4 aromatic rings. The normalized spacial score (nSPS) is 11.0. The molecule has 0 aliphatic heterocycles. The number of nitrogens with zero attached hydrogens (tertiary/aromatic N) is 4. The third-order valence-corrected chi connectivity index (χ3v) is 4.13. The summed E-state index contributed by atoms with van der Waals surface area (Å²) < 4.78 is 12.8. The van der Waals surface area contributed by atoms with Gasteiger partial charge in [-0.25, -0.2) is 9.48 Å². The Labute approximate surface area is 148 Å². The van der Waals surface area contributed by atoms with Crippen LogP contribution in [-0.2, 0) is 13.0 Å². The molecule has 0 spiro atoms. The molecule has 7 heteroatoms. The van der Waals surface area contributed by atoms with Crippen LogP contribution in [0, 0.1) is 0 Å². The van der Waals surface area contributed by atoms with Crippen molar-refractivity contribution in [2.75, 3.05) is 0 Å². The van der Waals surface area contributed by atoms with Crippen molar-refractivity contribution in [3.05, 3.63) is 76.4 Å². The summed E-state index contributed by atoms with van der Waals surface area (Å²) in [7, 11) is 0. The molecule has 0 atom stereocenters. The second kappa shape index (κ2) is 6.79. The maximum atomic E-state index is 11.9. The average molecular weight is 348 g/mol. The highest BCUT2D eigenvalue weighted by molar-refractivity contribution is 5.80. The number of hydrogen-bond donors (Lipinski definition) is 0. The van der Waals surface area contributed by atoms with Gasteiger partial charge in [-0.2, -0.15) is 0 Å². The molecular weight excluding hydrogens is 332 g/mol. The van der Waals surface area contributed by atoms with Gasteiger partial charge in [0.05, 0.1) is 5.69 Å². The number of hydrogen-bond acceptors (Lipinski definition) is 6. The van der Waals surface area contributed by atoms with Crippen molar-refractivity contribution in [2.45, 2.75) is 20.0 Å². The molecule has 2 aromatic heterocycles. The fraction of sp³-hybridized carbons (Fsp3) is 0.158. The first kappa shape index (κ1) is 16.0. The van der Waals surface area contributed by atoms with Gasteiger partial charge in [-0.15, -0.1) is 5.10 Å². The van der Waals surface area contributed by atoms with Crippen molar-refractivity contribution in [3.63, 3.8) is 0 Å². The lowest BCUT2D eigenvalue weighted by atomic mass is 10.1. The fourth-order valence-electron chi connectivity index (χ4n) is 2.77. The van der Waals surface area contributed by atoms with Gasteiger partial charge in [0.1, 0.15) is 24.3 Å². The Morgan fingerprint density at radius 2 is 2.08 bits per heavy atom. The maximum Gasteiger partial charge on any atom is 0.336 e. The van der Waals surface area contributed by atoms with E-state index in [1.54, 1.807) is 4.68 Å². The van der Waals surface area contributed by atoms with Crippen LogP contribution in [0.15, 0.2) is 64.1 Å². The van der Waals surface area contributed by atoms with Crippen LogP contribution in [0.5, 0.6) is 5.75 Å². The van der Waals surface area contributed by atoms with Crippen molar-refractivity contribution in [2.24, 2.45) is 0 Å². The van der Waals surface area contributed by atoms with Crippen LogP contribution >= 0.6 is 0 Å². The highest BCUT2D eigenvalue weighted by Gasteiger charge is 2.08. The molecular formula is C19H16N4O3. The Kier molecular flexibility index (Phi) is 4.18. The average Bonchev–Trinajstić information content (AvgIpc) is 3.20. The van der Waals surface area contributed by atoms with Gasteiger partial charge in [-0.3, -0.25) is 0 Å². The summed E-state index contributed by atoms with van der Waals surface area (Å²) in [5.41, 5.74) is 2.89. The predicted molar refractivity (Wildman–Crippen MR) is 95.3 cm³/mol. The van der Waals surface area contributed by atoms with Crippen molar-refractivity contribution < 1.29 is 9.15 Å². The van der Waals surface area contributed by atoms with E-state index in [2.05, 4.69) is 22.4 Å². The molecule has 0 radical (unpaired) electrons. The Morgan fingerprint density at radius 1 is 1.15 bits per heavy atom. The zero-order valence-corrected chi connectivity index (χ0v) is 14.1. The van der Waals surface area contributed by atoms with E-state index in [4.69, 9.17) is 9.15 Å². The summed E-state index contributed by atoms with van der Waals surface area (Å²) in [6, 6.07) is 14.8. The topological polar surface area (TPSA) is 83.0 Å².